The van der Waals surface area contributed by atoms with Gasteiger partial charge in [0.25, 0.3) is 16.1 Å². The number of fused-ring (bicyclic) bond motifs is 1. The predicted octanol–water partition coefficient (Wildman–Crippen LogP) is 2.76. The lowest BCUT2D eigenvalue weighted by Gasteiger charge is -2.36. The van der Waals surface area contributed by atoms with Crippen LogP contribution in [0.3, 0.4) is 0 Å². The molecular formula is C20H26FN3O4S. The number of halogens is 1. The molecule has 2 aliphatic rings. The molecule has 0 spiro atoms. The summed E-state index contributed by atoms with van der Waals surface area (Å²) in [7, 11) is -3.49. The van der Waals surface area contributed by atoms with E-state index >= 15 is 0 Å². The molecule has 1 aromatic heterocycles. The number of nitrogens with zero attached hydrogens (tertiary/aromatic N) is 3. The highest BCUT2D eigenvalue weighted by Gasteiger charge is 2.34. The first-order chi connectivity index (χ1) is 13.9. The third kappa shape index (κ3) is 3.91. The molecule has 0 radical (unpaired) electrons. The third-order valence-corrected chi connectivity index (χ3v) is 7.87. The van der Waals surface area contributed by atoms with E-state index in [1.54, 1.807) is 16.1 Å². The molecular weight excluding hydrogens is 397 g/mol. The van der Waals surface area contributed by atoms with Crippen molar-refractivity contribution in [3.63, 3.8) is 0 Å². The van der Waals surface area contributed by atoms with Crippen LogP contribution in [0.5, 0.6) is 0 Å². The molecule has 9 heteroatoms. The summed E-state index contributed by atoms with van der Waals surface area (Å²) in [6, 6.07) is 4.17. The first-order valence-corrected chi connectivity index (χ1v) is 11.5. The fraction of sp³-hybridized carbons (Fsp3) is 0.550. The smallest absolute Gasteiger partial charge is 0.289 e. The molecule has 0 N–H and O–H groups in total. The molecule has 1 amide bonds. The highest BCUT2D eigenvalue weighted by Crippen LogP contribution is 2.27. The summed E-state index contributed by atoms with van der Waals surface area (Å²) in [6.07, 6.45) is 3.91. The summed E-state index contributed by atoms with van der Waals surface area (Å²) in [5.41, 5.74) is 1.07. The van der Waals surface area contributed by atoms with Crippen molar-refractivity contribution in [3.8, 4) is 0 Å². The number of benzene rings is 1. The molecule has 0 bridgehead atoms. The minimum Gasteiger partial charge on any atom is -0.451 e. The van der Waals surface area contributed by atoms with E-state index in [0.29, 0.717) is 42.7 Å². The van der Waals surface area contributed by atoms with Gasteiger partial charge in [0, 0.05) is 50.2 Å². The molecule has 3 heterocycles. The normalized spacial score (nSPS) is 20.1. The van der Waals surface area contributed by atoms with Crippen LogP contribution in [0.4, 0.5) is 4.39 Å². The summed E-state index contributed by atoms with van der Waals surface area (Å²) in [5, 5.41) is 0.579. The van der Waals surface area contributed by atoms with Crippen LogP contribution < -0.4 is 0 Å². The van der Waals surface area contributed by atoms with Crippen molar-refractivity contribution in [2.75, 3.05) is 39.3 Å². The van der Waals surface area contributed by atoms with Gasteiger partial charge >= 0.3 is 0 Å². The van der Waals surface area contributed by atoms with Gasteiger partial charge in [0.2, 0.25) is 0 Å². The Morgan fingerprint density at radius 3 is 2.24 bits per heavy atom. The van der Waals surface area contributed by atoms with Crippen molar-refractivity contribution in [2.24, 2.45) is 0 Å². The second kappa shape index (κ2) is 8.04. The second-order valence-corrected chi connectivity index (χ2v) is 9.64. The Labute approximate surface area is 170 Å². The molecule has 2 fully saturated rings. The van der Waals surface area contributed by atoms with Crippen LogP contribution in [0, 0.1) is 12.7 Å². The van der Waals surface area contributed by atoms with Gasteiger partial charge in [-0.3, -0.25) is 4.79 Å². The van der Waals surface area contributed by atoms with Gasteiger partial charge < -0.3 is 9.32 Å². The van der Waals surface area contributed by atoms with Gasteiger partial charge in [0.05, 0.1) is 0 Å². The average Bonchev–Trinajstić information content (AvgIpc) is 2.90. The summed E-state index contributed by atoms with van der Waals surface area (Å²) < 4.78 is 48.1. The Kier molecular flexibility index (Phi) is 5.63. The lowest BCUT2D eigenvalue weighted by Crippen LogP contribution is -2.54. The zero-order valence-electron chi connectivity index (χ0n) is 16.6. The van der Waals surface area contributed by atoms with Gasteiger partial charge in [-0.05, 0) is 38.0 Å². The van der Waals surface area contributed by atoms with Crippen LogP contribution in [-0.4, -0.2) is 67.1 Å². The van der Waals surface area contributed by atoms with Gasteiger partial charge in [-0.25, -0.2) is 4.39 Å². The van der Waals surface area contributed by atoms with Gasteiger partial charge in [-0.1, -0.05) is 12.8 Å². The lowest BCUT2D eigenvalue weighted by atomic mass is 10.1. The molecule has 1 aromatic carbocycles. The minimum atomic E-state index is -3.49. The van der Waals surface area contributed by atoms with Crippen molar-refractivity contribution in [1.82, 2.24) is 13.5 Å². The van der Waals surface area contributed by atoms with E-state index in [4.69, 9.17) is 4.42 Å². The molecule has 158 valence electrons. The monoisotopic (exact) mass is 423 g/mol. The van der Waals surface area contributed by atoms with Crippen LogP contribution in [0.1, 0.15) is 41.8 Å². The van der Waals surface area contributed by atoms with Gasteiger partial charge in [0.1, 0.15) is 11.4 Å². The maximum atomic E-state index is 13.5. The lowest BCUT2D eigenvalue weighted by molar-refractivity contribution is 0.0663. The molecule has 2 aromatic rings. The molecule has 0 aliphatic carbocycles. The van der Waals surface area contributed by atoms with Crippen molar-refractivity contribution in [2.45, 2.75) is 32.6 Å². The van der Waals surface area contributed by atoms with E-state index in [1.807, 2.05) is 0 Å². The maximum Gasteiger partial charge on any atom is 0.289 e. The molecule has 4 rings (SSSR count). The van der Waals surface area contributed by atoms with Crippen molar-refractivity contribution in [3.05, 3.63) is 35.3 Å². The number of aryl methyl sites for hydroxylation is 1. The van der Waals surface area contributed by atoms with E-state index < -0.39 is 10.2 Å². The zero-order valence-corrected chi connectivity index (χ0v) is 17.4. The second-order valence-electron chi connectivity index (χ2n) is 7.71. The first kappa shape index (κ1) is 20.3. The number of piperazine rings is 1. The number of amides is 1. The van der Waals surface area contributed by atoms with Crippen LogP contribution in [0.25, 0.3) is 11.0 Å². The Morgan fingerprint density at radius 2 is 1.59 bits per heavy atom. The summed E-state index contributed by atoms with van der Waals surface area (Å²) in [6.45, 7) is 4.00. The number of furan rings is 1. The zero-order chi connectivity index (χ0) is 20.6. The van der Waals surface area contributed by atoms with Gasteiger partial charge in [-0.2, -0.15) is 17.0 Å². The topological polar surface area (TPSA) is 74.1 Å². The number of hydrogen-bond acceptors (Lipinski definition) is 4. The highest BCUT2D eigenvalue weighted by atomic mass is 32.2. The van der Waals surface area contributed by atoms with E-state index in [1.165, 1.54) is 22.5 Å². The Bertz CT molecular complexity index is 1000. The van der Waals surface area contributed by atoms with E-state index in [-0.39, 0.29) is 30.6 Å². The van der Waals surface area contributed by atoms with E-state index in [0.717, 1.165) is 25.7 Å². The number of hydrogen-bond donors (Lipinski definition) is 0. The van der Waals surface area contributed by atoms with E-state index in [9.17, 15) is 17.6 Å². The van der Waals surface area contributed by atoms with Crippen LogP contribution in [0.15, 0.2) is 22.6 Å². The summed E-state index contributed by atoms with van der Waals surface area (Å²) in [5.74, 6) is -0.479. The molecule has 0 unspecified atom stereocenters. The number of carbonyl (C=O) groups excluding carboxylic acids is 1. The number of carbonyl (C=O) groups is 1. The average molecular weight is 424 g/mol. The maximum absolute atomic E-state index is 13.5. The van der Waals surface area contributed by atoms with Crippen molar-refractivity contribution >= 4 is 27.1 Å². The van der Waals surface area contributed by atoms with Crippen LogP contribution in [0.2, 0.25) is 0 Å². The fourth-order valence-electron chi connectivity index (χ4n) is 4.10. The Hall–Kier alpha value is -1.97. The molecule has 0 saturated carbocycles. The summed E-state index contributed by atoms with van der Waals surface area (Å²) in [4.78, 5) is 14.5. The van der Waals surface area contributed by atoms with Gasteiger partial charge in [-0.15, -0.1) is 0 Å². The fourth-order valence-corrected chi connectivity index (χ4v) is 5.77. The first-order valence-electron chi connectivity index (χ1n) is 10.1. The molecule has 29 heavy (non-hydrogen) atoms. The Balaban J connectivity index is 1.45. The molecule has 7 nitrogen and oxygen atoms in total. The summed E-state index contributed by atoms with van der Waals surface area (Å²) >= 11 is 0. The van der Waals surface area contributed by atoms with Crippen molar-refractivity contribution < 1.29 is 22.0 Å². The highest BCUT2D eigenvalue weighted by molar-refractivity contribution is 7.86. The Morgan fingerprint density at radius 1 is 0.966 bits per heavy atom. The quantitative estimate of drug-likeness (QED) is 0.761. The largest absolute Gasteiger partial charge is 0.451 e. The minimum absolute atomic E-state index is 0.189. The van der Waals surface area contributed by atoms with Crippen LogP contribution >= 0.6 is 0 Å². The number of rotatable bonds is 3. The van der Waals surface area contributed by atoms with Crippen LogP contribution in [-0.2, 0) is 10.2 Å². The molecule has 0 atom stereocenters. The standard InChI is InChI=1S/C20H26FN3O4S/c1-15-17-14-16(21)6-7-18(17)28-19(15)20(25)22-10-12-24(13-11-22)29(26,27)23-8-4-2-3-5-9-23/h6-7,14H,2-5,8-13H2,1H3. The van der Waals surface area contributed by atoms with Crippen molar-refractivity contribution in [1.29, 1.82) is 0 Å². The van der Waals surface area contributed by atoms with E-state index in [2.05, 4.69) is 0 Å². The SMILES string of the molecule is Cc1c(C(=O)N2CCN(S(=O)(=O)N3CCCCCC3)CC2)oc2ccc(F)cc12. The predicted molar refractivity (Wildman–Crippen MR) is 107 cm³/mol. The third-order valence-electron chi connectivity index (χ3n) is 5.84. The van der Waals surface area contributed by atoms with Gasteiger partial charge in [0.15, 0.2) is 5.76 Å². The molecule has 2 aliphatic heterocycles. The molecule has 2 saturated heterocycles.